The summed E-state index contributed by atoms with van der Waals surface area (Å²) in [5, 5.41) is 5.61. The number of anilines is 1. The minimum absolute atomic E-state index is 0.00195. The quantitative estimate of drug-likeness (QED) is 0.883. The van der Waals surface area contributed by atoms with Gasteiger partial charge in [-0.25, -0.2) is 4.79 Å². The van der Waals surface area contributed by atoms with Crippen LogP contribution >= 0.6 is 0 Å². The minimum Gasteiger partial charge on any atom is -0.374 e. The lowest BCUT2D eigenvalue weighted by molar-refractivity contribution is -0.0285. The van der Waals surface area contributed by atoms with E-state index in [1.165, 1.54) is 5.56 Å². The van der Waals surface area contributed by atoms with Gasteiger partial charge in [-0.3, -0.25) is 9.88 Å². The zero-order valence-electron chi connectivity index (χ0n) is 13.5. The van der Waals surface area contributed by atoms with E-state index >= 15 is 0 Å². The molecular weight excluding hydrogens is 304 g/mol. The molecule has 126 valence electrons. The molecule has 0 radical (unpaired) electrons. The maximum Gasteiger partial charge on any atom is 0.319 e. The summed E-state index contributed by atoms with van der Waals surface area (Å²) in [4.78, 5) is 18.2. The molecule has 0 saturated carbocycles. The van der Waals surface area contributed by atoms with Crippen LogP contribution in [0.15, 0.2) is 54.9 Å². The number of ether oxygens (including phenoxy) is 1. The number of hydrogen-bond acceptors (Lipinski definition) is 4. The highest BCUT2D eigenvalue weighted by Gasteiger charge is 2.21. The fourth-order valence-corrected chi connectivity index (χ4v) is 2.71. The molecule has 3 rings (SSSR count). The molecule has 1 aromatic carbocycles. The summed E-state index contributed by atoms with van der Waals surface area (Å²) in [5.74, 6) is 0. The fourth-order valence-electron chi connectivity index (χ4n) is 2.71. The second-order valence-electron chi connectivity index (χ2n) is 5.79. The Labute approximate surface area is 141 Å². The molecule has 6 nitrogen and oxygen atoms in total. The van der Waals surface area contributed by atoms with Gasteiger partial charge in [0.05, 0.1) is 24.6 Å². The molecule has 0 unspecified atom stereocenters. The molecule has 1 aromatic heterocycles. The molecule has 6 heteroatoms. The van der Waals surface area contributed by atoms with Crippen LogP contribution in [0.3, 0.4) is 0 Å². The molecule has 1 fully saturated rings. The van der Waals surface area contributed by atoms with Crippen LogP contribution in [0, 0.1) is 0 Å². The average molecular weight is 326 g/mol. The molecule has 0 bridgehead atoms. The fraction of sp³-hybridized carbons (Fsp3) is 0.333. The summed E-state index contributed by atoms with van der Waals surface area (Å²) in [5.41, 5.74) is 1.96. The Morgan fingerprint density at radius 3 is 2.92 bits per heavy atom. The Bertz CT molecular complexity index is 636. The molecule has 0 spiro atoms. The summed E-state index contributed by atoms with van der Waals surface area (Å²) in [6.45, 7) is 3.79. The molecule has 24 heavy (non-hydrogen) atoms. The lowest BCUT2D eigenvalue weighted by Gasteiger charge is -2.33. The van der Waals surface area contributed by atoms with Crippen molar-refractivity contribution in [2.75, 3.05) is 31.6 Å². The predicted octanol–water partition coefficient (Wildman–Crippen LogP) is 2.10. The van der Waals surface area contributed by atoms with Crippen molar-refractivity contribution in [3.05, 3.63) is 60.4 Å². The van der Waals surface area contributed by atoms with Crippen molar-refractivity contribution in [3.63, 3.8) is 0 Å². The van der Waals surface area contributed by atoms with Crippen molar-refractivity contribution in [1.29, 1.82) is 0 Å². The highest BCUT2D eigenvalue weighted by atomic mass is 16.5. The van der Waals surface area contributed by atoms with E-state index < -0.39 is 0 Å². The highest BCUT2D eigenvalue weighted by Crippen LogP contribution is 2.10. The number of urea groups is 1. The Morgan fingerprint density at radius 1 is 1.25 bits per heavy atom. The zero-order valence-corrected chi connectivity index (χ0v) is 13.5. The number of carbonyl (C=O) groups is 1. The van der Waals surface area contributed by atoms with Crippen LogP contribution in [-0.4, -0.2) is 48.3 Å². The van der Waals surface area contributed by atoms with Crippen molar-refractivity contribution in [2.24, 2.45) is 0 Å². The lowest BCUT2D eigenvalue weighted by atomic mass is 10.2. The first-order valence-corrected chi connectivity index (χ1v) is 8.12. The van der Waals surface area contributed by atoms with Crippen molar-refractivity contribution in [3.8, 4) is 0 Å². The van der Waals surface area contributed by atoms with Crippen molar-refractivity contribution >= 4 is 11.7 Å². The summed E-state index contributed by atoms with van der Waals surface area (Å²) in [6.07, 6.45) is 3.28. The second kappa shape index (κ2) is 8.42. The van der Waals surface area contributed by atoms with Gasteiger partial charge in [0.1, 0.15) is 0 Å². The van der Waals surface area contributed by atoms with Crippen LogP contribution in [0.5, 0.6) is 0 Å². The van der Waals surface area contributed by atoms with E-state index in [9.17, 15) is 4.79 Å². The molecule has 2 heterocycles. The Kier molecular flexibility index (Phi) is 5.76. The molecular formula is C18H22N4O2. The minimum atomic E-state index is -0.244. The summed E-state index contributed by atoms with van der Waals surface area (Å²) in [7, 11) is 0. The van der Waals surface area contributed by atoms with Gasteiger partial charge in [-0.2, -0.15) is 0 Å². The molecule has 2 N–H and O–H groups in total. The van der Waals surface area contributed by atoms with Crippen molar-refractivity contribution in [1.82, 2.24) is 15.2 Å². The second-order valence-corrected chi connectivity index (χ2v) is 5.79. The average Bonchev–Trinajstić information content (AvgIpc) is 2.62. The van der Waals surface area contributed by atoms with Gasteiger partial charge in [0, 0.05) is 32.4 Å². The van der Waals surface area contributed by atoms with Gasteiger partial charge in [-0.1, -0.05) is 30.3 Å². The number of nitrogens with one attached hydrogen (secondary N) is 2. The zero-order chi connectivity index (χ0) is 16.6. The third-order valence-corrected chi connectivity index (χ3v) is 3.88. The van der Waals surface area contributed by atoms with Crippen LogP contribution in [0.1, 0.15) is 5.56 Å². The van der Waals surface area contributed by atoms with Crippen LogP contribution < -0.4 is 10.6 Å². The SMILES string of the molecule is O=C(NC[C@@H]1CN(Cc2ccccc2)CCO1)Nc1cccnc1. The molecule has 2 amide bonds. The molecule has 2 aromatic rings. The third kappa shape index (κ3) is 5.04. The number of carbonyl (C=O) groups excluding carboxylic acids is 1. The van der Waals surface area contributed by atoms with E-state index in [1.807, 2.05) is 6.07 Å². The molecule has 1 aliphatic rings. The van der Waals surface area contributed by atoms with E-state index in [-0.39, 0.29) is 12.1 Å². The Hall–Kier alpha value is -2.44. The molecule has 1 aliphatic heterocycles. The van der Waals surface area contributed by atoms with Crippen LogP contribution in [-0.2, 0) is 11.3 Å². The lowest BCUT2D eigenvalue weighted by Crippen LogP contribution is -2.47. The highest BCUT2D eigenvalue weighted by molar-refractivity contribution is 5.88. The number of pyridine rings is 1. The number of morpholine rings is 1. The maximum absolute atomic E-state index is 11.9. The first kappa shape index (κ1) is 16.4. The van der Waals surface area contributed by atoms with E-state index in [0.717, 1.165) is 19.6 Å². The van der Waals surface area contributed by atoms with Gasteiger partial charge in [-0.15, -0.1) is 0 Å². The number of benzene rings is 1. The van der Waals surface area contributed by atoms with E-state index in [1.54, 1.807) is 24.5 Å². The topological polar surface area (TPSA) is 66.5 Å². The summed E-state index contributed by atoms with van der Waals surface area (Å²) >= 11 is 0. The van der Waals surface area contributed by atoms with Crippen LogP contribution in [0.4, 0.5) is 10.5 Å². The van der Waals surface area contributed by atoms with Gasteiger partial charge in [-0.05, 0) is 17.7 Å². The number of amides is 2. The molecule has 0 aliphatic carbocycles. The van der Waals surface area contributed by atoms with Gasteiger partial charge in [0.25, 0.3) is 0 Å². The van der Waals surface area contributed by atoms with Crippen molar-refractivity contribution < 1.29 is 9.53 Å². The van der Waals surface area contributed by atoms with Gasteiger partial charge >= 0.3 is 6.03 Å². The van der Waals surface area contributed by atoms with E-state index in [2.05, 4.69) is 44.8 Å². The normalized spacial score (nSPS) is 18.1. The number of aromatic nitrogens is 1. The van der Waals surface area contributed by atoms with Crippen molar-refractivity contribution in [2.45, 2.75) is 12.6 Å². The van der Waals surface area contributed by atoms with E-state index in [0.29, 0.717) is 18.8 Å². The molecule has 1 saturated heterocycles. The largest absolute Gasteiger partial charge is 0.374 e. The monoisotopic (exact) mass is 326 g/mol. The molecule has 1 atom stereocenters. The first-order chi connectivity index (χ1) is 11.8. The van der Waals surface area contributed by atoms with Gasteiger partial charge < -0.3 is 15.4 Å². The smallest absolute Gasteiger partial charge is 0.319 e. The summed E-state index contributed by atoms with van der Waals surface area (Å²) in [6, 6.07) is 13.7. The number of nitrogens with zero attached hydrogens (tertiary/aromatic N) is 2. The maximum atomic E-state index is 11.9. The number of hydrogen-bond donors (Lipinski definition) is 2. The number of rotatable bonds is 5. The Morgan fingerprint density at radius 2 is 2.12 bits per heavy atom. The standard InChI is InChI=1S/C18H22N4O2/c23-18(21-16-7-4-8-19-11-16)20-12-17-14-22(9-10-24-17)13-15-5-2-1-3-6-15/h1-8,11,17H,9-10,12-14H2,(H2,20,21,23)/t17-/m1/s1. The van der Waals surface area contributed by atoms with E-state index in [4.69, 9.17) is 4.74 Å². The van der Waals surface area contributed by atoms with Crippen LogP contribution in [0.25, 0.3) is 0 Å². The summed E-state index contributed by atoms with van der Waals surface area (Å²) < 4.78 is 5.75. The van der Waals surface area contributed by atoms with Crippen LogP contribution in [0.2, 0.25) is 0 Å². The first-order valence-electron chi connectivity index (χ1n) is 8.12. The Balaban J connectivity index is 1.43. The predicted molar refractivity (Wildman–Crippen MR) is 92.7 cm³/mol. The van der Waals surface area contributed by atoms with Gasteiger partial charge in [0.2, 0.25) is 0 Å². The third-order valence-electron chi connectivity index (χ3n) is 3.88. The van der Waals surface area contributed by atoms with Gasteiger partial charge in [0.15, 0.2) is 0 Å².